The van der Waals surface area contributed by atoms with Gasteiger partial charge in [0.05, 0.1) is 19.7 Å². The van der Waals surface area contributed by atoms with Gasteiger partial charge in [0.2, 0.25) is 21.8 Å². The van der Waals surface area contributed by atoms with Crippen molar-refractivity contribution in [3.8, 4) is 5.75 Å². The SMILES string of the molecule is COc1ccc(F)cc1S(=O)(=O)N1CC(N)C(=O)N2C(Cc3ccc(Cl)cc3)C(=O)N(C(C)C)CC21. The first-order valence-electron chi connectivity index (χ1n) is 11.4. The number of fused-ring (bicyclic) bond motifs is 1. The standard InChI is InChI=1S/C24H28ClFN4O5S/c1-14(2)28-13-22-29(36(33,34)21-11-17(26)8-9-20(21)35-3)12-18(27)23(31)30(22)19(24(28)32)10-15-4-6-16(25)7-5-15/h4-9,11,14,18-19,22H,10,12-13,27H2,1-3H3. The summed E-state index contributed by atoms with van der Waals surface area (Å²) in [7, 11) is -3.10. The van der Waals surface area contributed by atoms with Gasteiger partial charge in [0.25, 0.3) is 0 Å². The summed E-state index contributed by atoms with van der Waals surface area (Å²) in [5.74, 6) is -1.63. The maximum absolute atomic E-state index is 14.1. The van der Waals surface area contributed by atoms with Gasteiger partial charge in [-0.1, -0.05) is 23.7 Å². The Morgan fingerprint density at radius 2 is 1.78 bits per heavy atom. The van der Waals surface area contributed by atoms with Crippen molar-refractivity contribution < 1.29 is 27.1 Å². The summed E-state index contributed by atoms with van der Waals surface area (Å²) in [6.45, 7) is 3.26. The molecule has 2 aromatic rings. The molecule has 2 aromatic carbocycles. The molecule has 0 bridgehead atoms. The second-order valence-electron chi connectivity index (χ2n) is 9.13. The Kier molecular flexibility index (Phi) is 7.29. The van der Waals surface area contributed by atoms with Gasteiger partial charge >= 0.3 is 0 Å². The molecular weight excluding hydrogens is 511 g/mol. The molecule has 0 aromatic heterocycles. The lowest BCUT2D eigenvalue weighted by Gasteiger charge is -2.53. The Morgan fingerprint density at radius 1 is 1.11 bits per heavy atom. The van der Waals surface area contributed by atoms with Crippen LogP contribution in [0.2, 0.25) is 5.02 Å². The van der Waals surface area contributed by atoms with Crippen molar-refractivity contribution in [1.82, 2.24) is 14.1 Å². The number of ether oxygens (including phenoxy) is 1. The first-order valence-corrected chi connectivity index (χ1v) is 13.3. The molecule has 9 nitrogen and oxygen atoms in total. The molecule has 2 N–H and O–H groups in total. The lowest BCUT2D eigenvalue weighted by Crippen LogP contribution is -2.75. The van der Waals surface area contributed by atoms with Crippen molar-refractivity contribution in [3.63, 3.8) is 0 Å². The molecule has 2 heterocycles. The topological polar surface area (TPSA) is 113 Å². The van der Waals surface area contributed by atoms with Gasteiger partial charge in [-0.2, -0.15) is 4.31 Å². The Labute approximate surface area is 214 Å². The number of carbonyl (C=O) groups is 2. The van der Waals surface area contributed by atoms with Crippen molar-refractivity contribution in [2.75, 3.05) is 20.2 Å². The number of piperazine rings is 1. The number of halogens is 2. The first-order chi connectivity index (χ1) is 16.9. The van der Waals surface area contributed by atoms with Crippen LogP contribution >= 0.6 is 11.6 Å². The summed E-state index contributed by atoms with van der Waals surface area (Å²) in [6, 6.07) is 7.60. The molecule has 36 heavy (non-hydrogen) atoms. The molecule has 2 fully saturated rings. The Bertz CT molecular complexity index is 1270. The number of nitrogens with zero attached hydrogens (tertiary/aromatic N) is 3. The summed E-state index contributed by atoms with van der Waals surface area (Å²) < 4.78 is 48.1. The minimum atomic E-state index is -4.38. The van der Waals surface area contributed by atoms with Crippen molar-refractivity contribution in [2.45, 2.75) is 49.5 Å². The van der Waals surface area contributed by atoms with Crippen LogP contribution in [-0.2, 0) is 26.0 Å². The molecule has 2 aliphatic rings. The van der Waals surface area contributed by atoms with Gasteiger partial charge in [0.15, 0.2) is 0 Å². The Hall–Kier alpha value is -2.73. The van der Waals surface area contributed by atoms with Crippen LogP contribution in [0.3, 0.4) is 0 Å². The molecule has 194 valence electrons. The van der Waals surface area contributed by atoms with Crippen LogP contribution in [0.15, 0.2) is 47.4 Å². The number of carbonyl (C=O) groups excluding carboxylic acids is 2. The van der Waals surface area contributed by atoms with E-state index in [2.05, 4.69) is 0 Å². The number of nitrogens with two attached hydrogens (primary N) is 1. The van der Waals surface area contributed by atoms with Crippen LogP contribution in [-0.4, -0.2) is 78.8 Å². The van der Waals surface area contributed by atoms with Crippen LogP contribution < -0.4 is 10.5 Å². The van der Waals surface area contributed by atoms with E-state index in [-0.39, 0.29) is 42.1 Å². The molecule has 0 aliphatic carbocycles. The minimum absolute atomic E-state index is 0.0428. The predicted octanol–water partition coefficient (Wildman–Crippen LogP) is 1.84. The smallest absolute Gasteiger partial charge is 0.248 e. The molecule has 0 spiro atoms. The second-order valence-corrected chi connectivity index (χ2v) is 11.4. The summed E-state index contributed by atoms with van der Waals surface area (Å²) >= 11 is 6.00. The third kappa shape index (κ3) is 4.68. The Balaban J connectivity index is 1.81. The zero-order valence-corrected chi connectivity index (χ0v) is 21.7. The van der Waals surface area contributed by atoms with E-state index in [0.29, 0.717) is 5.02 Å². The highest BCUT2D eigenvalue weighted by atomic mass is 35.5. The number of methoxy groups -OCH3 is 1. The molecule has 3 atom stereocenters. The fraction of sp³-hybridized carbons (Fsp3) is 0.417. The zero-order valence-electron chi connectivity index (χ0n) is 20.1. The number of sulfonamides is 1. The van der Waals surface area contributed by atoms with E-state index >= 15 is 0 Å². The van der Waals surface area contributed by atoms with Gasteiger partial charge in [0, 0.05) is 24.0 Å². The fourth-order valence-corrected chi connectivity index (χ4v) is 6.61. The van der Waals surface area contributed by atoms with Crippen molar-refractivity contribution in [3.05, 3.63) is 58.9 Å². The first kappa shape index (κ1) is 26.3. The zero-order chi connectivity index (χ0) is 26.4. The molecule has 4 rings (SSSR count). The van der Waals surface area contributed by atoms with Crippen molar-refractivity contribution in [2.24, 2.45) is 5.73 Å². The van der Waals surface area contributed by atoms with Crippen molar-refractivity contribution >= 4 is 33.4 Å². The second kappa shape index (κ2) is 9.97. The summed E-state index contributed by atoms with van der Waals surface area (Å²) in [5.41, 5.74) is 6.87. The normalized spacial score (nSPS) is 23.2. The van der Waals surface area contributed by atoms with Gasteiger partial charge in [0.1, 0.15) is 28.7 Å². The number of amides is 2. The lowest BCUT2D eigenvalue weighted by atomic mass is 9.96. The highest BCUT2D eigenvalue weighted by Gasteiger charge is 2.53. The molecule has 3 unspecified atom stereocenters. The molecule has 2 saturated heterocycles. The van der Waals surface area contributed by atoms with Crippen LogP contribution in [0.25, 0.3) is 0 Å². The van der Waals surface area contributed by atoms with E-state index in [4.69, 9.17) is 22.1 Å². The molecule has 0 saturated carbocycles. The van der Waals surface area contributed by atoms with E-state index in [1.54, 1.807) is 29.2 Å². The number of rotatable bonds is 6. The number of benzene rings is 2. The van der Waals surface area contributed by atoms with E-state index in [0.717, 1.165) is 22.0 Å². The summed E-state index contributed by atoms with van der Waals surface area (Å²) in [5, 5.41) is 0.521. The quantitative estimate of drug-likeness (QED) is 0.600. The summed E-state index contributed by atoms with van der Waals surface area (Å²) in [4.78, 5) is 29.3. The maximum atomic E-state index is 14.1. The molecule has 0 radical (unpaired) electrons. The van der Waals surface area contributed by atoms with Gasteiger partial charge < -0.3 is 20.3 Å². The van der Waals surface area contributed by atoms with E-state index in [1.807, 2.05) is 13.8 Å². The summed E-state index contributed by atoms with van der Waals surface area (Å²) in [6.07, 6.45) is -0.890. The van der Waals surface area contributed by atoms with Gasteiger partial charge in [-0.15, -0.1) is 0 Å². The van der Waals surface area contributed by atoms with Crippen LogP contribution in [0.5, 0.6) is 5.75 Å². The van der Waals surface area contributed by atoms with E-state index in [9.17, 15) is 22.4 Å². The van der Waals surface area contributed by atoms with Crippen molar-refractivity contribution in [1.29, 1.82) is 0 Å². The third-order valence-corrected chi connectivity index (χ3v) is 8.68. The molecule has 2 amide bonds. The number of hydrogen-bond donors (Lipinski definition) is 1. The average Bonchev–Trinajstić information content (AvgIpc) is 2.83. The lowest BCUT2D eigenvalue weighted by molar-refractivity contribution is -0.167. The average molecular weight is 539 g/mol. The van der Waals surface area contributed by atoms with Crippen LogP contribution in [0.4, 0.5) is 4.39 Å². The third-order valence-electron chi connectivity index (χ3n) is 6.54. The van der Waals surface area contributed by atoms with Gasteiger partial charge in [-0.05, 0) is 49.7 Å². The largest absolute Gasteiger partial charge is 0.495 e. The predicted molar refractivity (Wildman–Crippen MR) is 131 cm³/mol. The minimum Gasteiger partial charge on any atom is -0.495 e. The van der Waals surface area contributed by atoms with Crippen LogP contribution in [0.1, 0.15) is 19.4 Å². The molecular formula is C24H28ClFN4O5S. The Morgan fingerprint density at radius 3 is 2.39 bits per heavy atom. The maximum Gasteiger partial charge on any atom is 0.248 e. The molecule has 2 aliphatic heterocycles. The van der Waals surface area contributed by atoms with Crippen LogP contribution in [0, 0.1) is 5.82 Å². The highest BCUT2D eigenvalue weighted by molar-refractivity contribution is 7.89. The monoisotopic (exact) mass is 538 g/mol. The molecule has 12 heteroatoms. The van der Waals surface area contributed by atoms with E-state index < -0.39 is 40.0 Å². The highest BCUT2D eigenvalue weighted by Crippen LogP contribution is 2.35. The van der Waals surface area contributed by atoms with Gasteiger partial charge in [-0.25, -0.2) is 12.8 Å². The van der Waals surface area contributed by atoms with Gasteiger partial charge in [-0.3, -0.25) is 9.59 Å². The fourth-order valence-electron chi connectivity index (χ4n) is 4.72. The van der Waals surface area contributed by atoms with E-state index in [1.165, 1.54) is 18.1 Å². The number of hydrogen-bond acceptors (Lipinski definition) is 6.